The zero-order chi connectivity index (χ0) is 15.4. The van der Waals surface area contributed by atoms with Gasteiger partial charge in [0.25, 0.3) is 0 Å². The first-order chi connectivity index (χ1) is 10.1. The number of methoxy groups -OCH3 is 1. The molecule has 1 aliphatic heterocycles. The van der Waals surface area contributed by atoms with Gasteiger partial charge in [0.2, 0.25) is 0 Å². The molecule has 4 atom stereocenters. The number of hydrogen-bond acceptors (Lipinski definition) is 4. The van der Waals surface area contributed by atoms with Gasteiger partial charge in [0.05, 0.1) is 19.3 Å². The van der Waals surface area contributed by atoms with Crippen molar-refractivity contribution in [3.63, 3.8) is 0 Å². The van der Waals surface area contributed by atoms with Gasteiger partial charge in [-0.1, -0.05) is 19.1 Å². The van der Waals surface area contributed by atoms with Crippen LogP contribution in [0.1, 0.15) is 38.3 Å². The Labute approximate surface area is 128 Å². The number of nitrogens with zero attached hydrogens (tertiary/aromatic N) is 1. The molecule has 0 amide bonds. The minimum absolute atomic E-state index is 0.0925. The largest absolute Gasteiger partial charge is 0.497 e. The molecule has 0 aromatic heterocycles. The molecule has 0 saturated carbocycles. The van der Waals surface area contributed by atoms with Crippen molar-refractivity contribution in [2.75, 3.05) is 20.8 Å². The van der Waals surface area contributed by atoms with Crippen LogP contribution in [0.5, 0.6) is 5.75 Å². The number of rotatable bonds is 6. The van der Waals surface area contributed by atoms with Crippen LogP contribution in [0, 0.1) is 0 Å². The second-order valence-electron chi connectivity index (χ2n) is 5.89. The molecule has 0 spiro atoms. The molecule has 2 rings (SSSR count). The number of hydrogen-bond donors (Lipinski definition) is 1. The Bertz CT molecular complexity index is 452. The van der Waals surface area contributed by atoms with Crippen molar-refractivity contribution in [1.82, 2.24) is 4.90 Å². The highest BCUT2D eigenvalue weighted by atomic mass is 16.5. The lowest BCUT2D eigenvalue weighted by Gasteiger charge is -2.38. The summed E-state index contributed by atoms with van der Waals surface area (Å²) in [5.74, 6) is 0.880. The minimum Gasteiger partial charge on any atom is -0.497 e. The smallest absolute Gasteiger partial charge is 0.119 e. The zero-order valence-corrected chi connectivity index (χ0v) is 13.6. The van der Waals surface area contributed by atoms with Crippen molar-refractivity contribution in [1.29, 1.82) is 0 Å². The highest BCUT2D eigenvalue weighted by molar-refractivity contribution is 5.31. The molecule has 1 aromatic carbocycles. The fourth-order valence-corrected chi connectivity index (χ4v) is 3.29. The van der Waals surface area contributed by atoms with Gasteiger partial charge in [-0.25, -0.2) is 0 Å². The molecule has 21 heavy (non-hydrogen) atoms. The molecule has 4 unspecified atom stereocenters. The van der Waals surface area contributed by atoms with E-state index in [2.05, 4.69) is 37.9 Å². The topological polar surface area (TPSA) is 47.7 Å². The average molecular weight is 292 g/mol. The summed E-state index contributed by atoms with van der Waals surface area (Å²) in [4.78, 5) is 2.39. The molecule has 1 aromatic rings. The van der Waals surface area contributed by atoms with Crippen molar-refractivity contribution in [3.8, 4) is 5.75 Å². The first-order valence-corrected chi connectivity index (χ1v) is 7.81. The maximum Gasteiger partial charge on any atom is 0.119 e. The second-order valence-corrected chi connectivity index (χ2v) is 5.89. The Morgan fingerprint density at radius 2 is 2.24 bits per heavy atom. The summed E-state index contributed by atoms with van der Waals surface area (Å²) in [7, 11) is 3.86. The van der Waals surface area contributed by atoms with Crippen LogP contribution in [-0.4, -0.2) is 43.9 Å². The predicted octanol–water partition coefficient (Wildman–Crippen LogP) is 2.58. The molecule has 2 N–H and O–H groups in total. The Hall–Kier alpha value is -1.10. The van der Waals surface area contributed by atoms with Gasteiger partial charge in [-0.05, 0) is 44.5 Å². The molecule has 1 aliphatic rings. The minimum atomic E-state index is 0.0925. The first kappa shape index (κ1) is 16.3. The summed E-state index contributed by atoms with van der Waals surface area (Å²) in [5.41, 5.74) is 7.64. The third kappa shape index (κ3) is 3.57. The van der Waals surface area contributed by atoms with Gasteiger partial charge in [0, 0.05) is 18.7 Å². The van der Waals surface area contributed by atoms with E-state index >= 15 is 0 Å². The molecule has 118 valence electrons. The third-order valence-electron chi connectivity index (χ3n) is 4.61. The van der Waals surface area contributed by atoms with Crippen molar-refractivity contribution >= 4 is 0 Å². The van der Waals surface area contributed by atoms with E-state index in [4.69, 9.17) is 15.2 Å². The molecule has 1 saturated heterocycles. The van der Waals surface area contributed by atoms with Crippen LogP contribution in [0.2, 0.25) is 0 Å². The number of benzene rings is 1. The lowest BCUT2D eigenvalue weighted by molar-refractivity contribution is 0.0608. The molecule has 0 radical (unpaired) electrons. The lowest BCUT2D eigenvalue weighted by atomic mass is 9.94. The van der Waals surface area contributed by atoms with E-state index in [1.807, 2.05) is 12.1 Å². The predicted molar refractivity (Wildman–Crippen MR) is 85.6 cm³/mol. The van der Waals surface area contributed by atoms with Crippen LogP contribution < -0.4 is 10.5 Å². The zero-order valence-electron chi connectivity index (χ0n) is 13.6. The summed E-state index contributed by atoms with van der Waals surface area (Å²) < 4.78 is 11.1. The molecule has 4 nitrogen and oxygen atoms in total. The van der Waals surface area contributed by atoms with Crippen molar-refractivity contribution in [2.45, 2.75) is 50.9 Å². The number of ether oxygens (including phenoxy) is 2. The normalized spacial score (nSPS) is 25.0. The summed E-state index contributed by atoms with van der Waals surface area (Å²) in [5, 5.41) is 0. The summed E-state index contributed by atoms with van der Waals surface area (Å²) in [6.45, 7) is 5.12. The summed E-state index contributed by atoms with van der Waals surface area (Å²) >= 11 is 0. The molecular formula is C17H28N2O2. The monoisotopic (exact) mass is 292 g/mol. The Kier molecular flexibility index (Phi) is 5.62. The van der Waals surface area contributed by atoms with Crippen molar-refractivity contribution in [3.05, 3.63) is 29.8 Å². The number of nitrogens with two attached hydrogens (primary N) is 1. The van der Waals surface area contributed by atoms with Gasteiger partial charge in [-0.2, -0.15) is 0 Å². The van der Waals surface area contributed by atoms with Crippen molar-refractivity contribution in [2.24, 2.45) is 5.73 Å². The van der Waals surface area contributed by atoms with Crippen LogP contribution in [0.25, 0.3) is 0 Å². The Morgan fingerprint density at radius 3 is 2.81 bits per heavy atom. The van der Waals surface area contributed by atoms with Crippen LogP contribution in [0.4, 0.5) is 0 Å². The van der Waals surface area contributed by atoms with Crippen LogP contribution in [-0.2, 0) is 4.74 Å². The van der Waals surface area contributed by atoms with E-state index in [0.717, 1.165) is 25.2 Å². The van der Waals surface area contributed by atoms with Gasteiger partial charge in [-0.3, -0.25) is 4.90 Å². The maximum atomic E-state index is 6.43. The molecule has 0 bridgehead atoms. The highest BCUT2D eigenvalue weighted by Gasteiger charge is 2.34. The van der Waals surface area contributed by atoms with E-state index in [1.54, 1.807) is 7.11 Å². The highest BCUT2D eigenvalue weighted by Crippen LogP contribution is 2.31. The van der Waals surface area contributed by atoms with Crippen molar-refractivity contribution < 1.29 is 9.47 Å². The first-order valence-electron chi connectivity index (χ1n) is 7.81. The molecular weight excluding hydrogens is 264 g/mol. The van der Waals surface area contributed by atoms with Crippen LogP contribution in [0.3, 0.4) is 0 Å². The molecule has 1 fully saturated rings. The maximum absolute atomic E-state index is 6.43. The summed E-state index contributed by atoms with van der Waals surface area (Å²) in [6.07, 6.45) is 2.26. The van der Waals surface area contributed by atoms with E-state index < -0.39 is 0 Å². The van der Waals surface area contributed by atoms with Gasteiger partial charge < -0.3 is 15.2 Å². The van der Waals surface area contributed by atoms with Crippen LogP contribution >= 0.6 is 0 Å². The van der Waals surface area contributed by atoms with Gasteiger partial charge >= 0.3 is 0 Å². The second kappa shape index (κ2) is 7.25. The number of likely N-dealkylation sites (N-methyl/N-ethyl adjacent to an activating group) is 1. The summed E-state index contributed by atoms with van der Waals surface area (Å²) in [6, 6.07) is 8.93. The Morgan fingerprint density at radius 1 is 1.48 bits per heavy atom. The standard InChI is InChI=1S/C17H28N2O2/c1-5-15(18)17(13-7-6-8-14(11-13)20-4)19(3)16-9-10-21-12(16)2/h6-8,11-12,15-17H,5,9-10,18H2,1-4H3. The average Bonchev–Trinajstić information content (AvgIpc) is 2.93. The van der Waals surface area contributed by atoms with Gasteiger partial charge in [-0.15, -0.1) is 0 Å². The van der Waals surface area contributed by atoms with E-state index in [9.17, 15) is 0 Å². The lowest BCUT2D eigenvalue weighted by Crippen LogP contribution is -2.46. The SMILES string of the molecule is CCC(N)C(c1cccc(OC)c1)N(C)C1CCOC1C. The fraction of sp³-hybridized carbons (Fsp3) is 0.647. The van der Waals surface area contributed by atoms with E-state index in [-0.39, 0.29) is 18.2 Å². The van der Waals surface area contributed by atoms with E-state index in [0.29, 0.717) is 6.04 Å². The quantitative estimate of drug-likeness (QED) is 0.875. The molecule has 4 heteroatoms. The molecule has 0 aliphatic carbocycles. The van der Waals surface area contributed by atoms with Gasteiger partial charge in [0.15, 0.2) is 0 Å². The molecule has 1 heterocycles. The van der Waals surface area contributed by atoms with E-state index in [1.165, 1.54) is 5.56 Å². The Balaban J connectivity index is 2.28. The van der Waals surface area contributed by atoms with Crippen LogP contribution in [0.15, 0.2) is 24.3 Å². The fourth-order valence-electron chi connectivity index (χ4n) is 3.29. The third-order valence-corrected chi connectivity index (χ3v) is 4.61. The van der Waals surface area contributed by atoms with Gasteiger partial charge in [0.1, 0.15) is 5.75 Å².